The second-order valence-corrected chi connectivity index (χ2v) is 8.33. The quantitative estimate of drug-likeness (QED) is 0.437. The molecule has 0 N–H and O–H groups in total. The summed E-state index contributed by atoms with van der Waals surface area (Å²) in [6, 6.07) is 11.8. The first-order valence-electron chi connectivity index (χ1n) is 11.1. The minimum Gasteiger partial charge on any atom is -0.490 e. The SMILES string of the molecule is c1ccc(-c2ccc(OCC3CO3)c(OCC3CO3)c2OCC2CO2)c(OCC2CO2)c1. The summed E-state index contributed by atoms with van der Waals surface area (Å²) in [5, 5.41) is 0. The molecule has 0 radical (unpaired) electrons. The fourth-order valence-electron chi connectivity index (χ4n) is 3.34. The molecular formula is C24H26O8. The Balaban J connectivity index is 1.35. The highest BCUT2D eigenvalue weighted by Gasteiger charge is 2.31. The van der Waals surface area contributed by atoms with Crippen molar-refractivity contribution < 1.29 is 37.9 Å². The number of epoxide rings is 4. The van der Waals surface area contributed by atoms with Crippen LogP contribution in [0.3, 0.4) is 0 Å². The van der Waals surface area contributed by atoms with Gasteiger partial charge in [-0.05, 0) is 18.2 Å². The third kappa shape index (κ3) is 5.10. The van der Waals surface area contributed by atoms with Crippen molar-refractivity contribution in [2.24, 2.45) is 0 Å². The fourth-order valence-corrected chi connectivity index (χ4v) is 3.34. The molecular weight excluding hydrogens is 416 g/mol. The molecule has 4 aliphatic heterocycles. The monoisotopic (exact) mass is 442 g/mol. The van der Waals surface area contributed by atoms with E-state index in [0.29, 0.717) is 56.9 Å². The third-order valence-electron chi connectivity index (χ3n) is 5.54. The molecule has 4 heterocycles. The van der Waals surface area contributed by atoms with Crippen molar-refractivity contribution in [2.75, 3.05) is 52.9 Å². The van der Waals surface area contributed by atoms with Crippen LogP contribution in [-0.4, -0.2) is 77.3 Å². The van der Waals surface area contributed by atoms with E-state index in [2.05, 4.69) is 0 Å². The largest absolute Gasteiger partial charge is 0.490 e. The third-order valence-corrected chi connectivity index (χ3v) is 5.54. The molecule has 32 heavy (non-hydrogen) atoms. The number of hydrogen-bond donors (Lipinski definition) is 0. The van der Waals surface area contributed by atoms with Crippen LogP contribution in [0.25, 0.3) is 11.1 Å². The smallest absolute Gasteiger partial charge is 0.204 e. The molecule has 6 rings (SSSR count). The first-order chi connectivity index (χ1) is 15.8. The summed E-state index contributed by atoms with van der Waals surface area (Å²) in [5.41, 5.74) is 1.80. The second-order valence-electron chi connectivity index (χ2n) is 8.33. The molecule has 4 saturated heterocycles. The van der Waals surface area contributed by atoms with E-state index in [-0.39, 0.29) is 24.4 Å². The van der Waals surface area contributed by atoms with Crippen LogP contribution in [-0.2, 0) is 18.9 Å². The molecule has 0 spiro atoms. The molecule has 4 fully saturated rings. The molecule has 4 atom stereocenters. The Hall–Kier alpha value is -2.52. The van der Waals surface area contributed by atoms with Gasteiger partial charge in [-0.15, -0.1) is 0 Å². The molecule has 8 nitrogen and oxygen atoms in total. The Morgan fingerprint density at radius 2 is 1.03 bits per heavy atom. The van der Waals surface area contributed by atoms with Gasteiger partial charge in [0.05, 0.1) is 26.4 Å². The average molecular weight is 442 g/mol. The van der Waals surface area contributed by atoms with Crippen LogP contribution in [0.15, 0.2) is 36.4 Å². The van der Waals surface area contributed by atoms with Crippen LogP contribution in [0.2, 0.25) is 0 Å². The lowest BCUT2D eigenvalue weighted by molar-refractivity contribution is 0.209. The summed E-state index contributed by atoms with van der Waals surface area (Å²) in [4.78, 5) is 0. The lowest BCUT2D eigenvalue weighted by Crippen LogP contribution is -2.12. The number of benzene rings is 2. The van der Waals surface area contributed by atoms with Crippen LogP contribution >= 0.6 is 0 Å². The van der Waals surface area contributed by atoms with Crippen LogP contribution in [0.4, 0.5) is 0 Å². The van der Waals surface area contributed by atoms with Crippen LogP contribution in [0.1, 0.15) is 0 Å². The highest BCUT2D eigenvalue weighted by Crippen LogP contribution is 2.47. The van der Waals surface area contributed by atoms with Crippen molar-refractivity contribution in [3.05, 3.63) is 36.4 Å². The maximum atomic E-state index is 6.27. The van der Waals surface area contributed by atoms with Gasteiger partial charge < -0.3 is 37.9 Å². The molecule has 0 aromatic heterocycles. The summed E-state index contributed by atoms with van der Waals surface area (Å²) < 4.78 is 45.9. The number of para-hydroxylation sites is 1. The summed E-state index contributed by atoms with van der Waals surface area (Å²) in [6.07, 6.45) is 0.512. The van der Waals surface area contributed by atoms with Gasteiger partial charge in [-0.1, -0.05) is 18.2 Å². The standard InChI is InChI=1S/C24H26O8/c1-2-4-21(29-11-15-7-25-15)19(3-1)20-5-6-22(30-12-16-8-26-16)24(32-14-18-10-28-18)23(20)31-13-17-9-27-17/h1-6,15-18H,7-14H2. The Labute approximate surface area is 186 Å². The number of rotatable bonds is 13. The molecule has 0 saturated carbocycles. The summed E-state index contributed by atoms with van der Waals surface area (Å²) in [5.74, 6) is 2.59. The van der Waals surface area contributed by atoms with E-state index < -0.39 is 0 Å². The normalized spacial score (nSPS) is 26.9. The van der Waals surface area contributed by atoms with Gasteiger partial charge in [0.2, 0.25) is 5.75 Å². The van der Waals surface area contributed by atoms with E-state index in [1.807, 2.05) is 36.4 Å². The van der Waals surface area contributed by atoms with Crippen molar-refractivity contribution in [1.82, 2.24) is 0 Å². The van der Waals surface area contributed by atoms with Gasteiger partial charge in [-0.3, -0.25) is 0 Å². The average Bonchev–Trinajstić information content (AvgIpc) is 3.65. The highest BCUT2D eigenvalue weighted by molar-refractivity contribution is 5.80. The predicted molar refractivity (Wildman–Crippen MR) is 113 cm³/mol. The van der Waals surface area contributed by atoms with Crippen molar-refractivity contribution >= 4 is 0 Å². The number of ether oxygens (including phenoxy) is 8. The molecule has 4 aliphatic rings. The van der Waals surface area contributed by atoms with E-state index in [4.69, 9.17) is 37.9 Å². The van der Waals surface area contributed by atoms with Gasteiger partial charge in [0.25, 0.3) is 0 Å². The van der Waals surface area contributed by atoms with E-state index in [1.54, 1.807) is 0 Å². The van der Waals surface area contributed by atoms with Gasteiger partial charge in [0, 0.05) is 11.1 Å². The van der Waals surface area contributed by atoms with Gasteiger partial charge >= 0.3 is 0 Å². The van der Waals surface area contributed by atoms with Crippen LogP contribution < -0.4 is 18.9 Å². The Morgan fingerprint density at radius 1 is 0.531 bits per heavy atom. The summed E-state index contributed by atoms with van der Waals surface area (Å²) >= 11 is 0. The second kappa shape index (κ2) is 8.78. The zero-order chi connectivity index (χ0) is 21.3. The summed E-state index contributed by atoms with van der Waals surface area (Å²) in [6.45, 7) is 4.76. The minimum absolute atomic E-state index is 0.102. The lowest BCUT2D eigenvalue weighted by atomic mass is 10.0. The van der Waals surface area contributed by atoms with Crippen LogP contribution in [0, 0.1) is 0 Å². The lowest BCUT2D eigenvalue weighted by Gasteiger charge is -2.20. The van der Waals surface area contributed by atoms with E-state index >= 15 is 0 Å². The predicted octanol–water partition coefficient (Wildman–Crippen LogP) is 2.46. The molecule has 170 valence electrons. The van der Waals surface area contributed by atoms with Crippen molar-refractivity contribution in [2.45, 2.75) is 24.4 Å². The van der Waals surface area contributed by atoms with Crippen LogP contribution in [0.5, 0.6) is 23.0 Å². The minimum atomic E-state index is 0.102. The Bertz CT molecular complexity index is 947. The molecule has 0 bridgehead atoms. The number of hydrogen-bond acceptors (Lipinski definition) is 8. The van der Waals surface area contributed by atoms with Crippen molar-refractivity contribution in [3.63, 3.8) is 0 Å². The van der Waals surface area contributed by atoms with E-state index in [1.165, 1.54) is 0 Å². The van der Waals surface area contributed by atoms with Crippen molar-refractivity contribution in [3.8, 4) is 34.1 Å². The fraction of sp³-hybridized carbons (Fsp3) is 0.500. The molecule has 4 unspecified atom stereocenters. The maximum Gasteiger partial charge on any atom is 0.204 e. The molecule has 2 aromatic carbocycles. The Kier molecular flexibility index (Phi) is 5.52. The van der Waals surface area contributed by atoms with Gasteiger partial charge in [-0.25, -0.2) is 0 Å². The van der Waals surface area contributed by atoms with Gasteiger partial charge in [0.15, 0.2) is 11.5 Å². The van der Waals surface area contributed by atoms with Gasteiger partial charge in [0.1, 0.15) is 56.6 Å². The molecule has 0 aliphatic carbocycles. The van der Waals surface area contributed by atoms with Gasteiger partial charge in [-0.2, -0.15) is 0 Å². The summed E-state index contributed by atoms with van der Waals surface area (Å²) in [7, 11) is 0. The van der Waals surface area contributed by atoms with E-state index in [9.17, 15) is 0 Å². The highest BCUT2D eigenvalue weighted by atomic mass is 16.6. The Morgan fingerprint density at radius 3 is 1.62 bits per heavy atom. The molecule has 0 amide bonds. The first-order valence-corrected chi connectivity index (χ1v) is 11.1. The van der Waals surface area contributed by atoms with Crippen molar-refractivity contribution in [1.29, 1.82) is 0 Å². The maximum absolute atomic E-state index is 6.27. The zero-order valence-corrected chi connectivity index (χ0v) is 17.7. The molecule has 8 heteroatoms. The molecule has 2 aromatic rings. The topological polar surface area (TPSA) is 87.0 Å². The zero-order valence-electron chi connectivity index (χ0n) is 17.7. The van der Waals surface area contributed by atoms with E-state index in [0.717, 1.165) is 30.1 Å². The first kappa shape index (κ1) is 20.1.